The minimum atomic E-state index is -0.306. The molecule has 6 nitrogen and oxygen atoms in total. The lowest BCUT2D eigenvalue weighted by molar-refractivity contribution is 0.249. The average molecular weight is 384 g/mol. The molecule has 3 N–H and O–H groups in total. The molecule has 2 heterocycles. The Hall–Kier alpha value is -3.93. The second kappa shape index (κ2) is 7.98. The number of fused-ring (bicyclic) bond motifs is 1. The molecule has 0 saturated heterocycles. The van der Waals surface area contributed by atoms with Gasteiger partial charge in [-0.1, -0.05) is 24.3 Å². The summed E-state index contributed by atoms with van der Waals surface area (Å²) in [6.07, 6.45) is 5.12. The maximum Gasteiger partial charge on any atom is 0.319 e. The van der Waals surface area contributed by atoms with E-state index in [9.17, 15) is 9.59 Å². The quantitative estimate of drug-likeness (QED) is 0.485. The first kappa shape index (κ1) is 18.4. The SMILES string of the molecule is CC(NC(=O)Nc1ccc2c(=O)[nH]ccc2c1)c1ccc(-c2ccncc2)cc1. The van der Waals surface area contributed by atoms with Crippen molar-refractivity contribution in [1.29, 1.82) is 0 Å². The molecule has 1 atom stereocenters. The van der Waals surface area contributed by atoms with Gasteiger partial charge in [0, 0.05) is 29.7 Å². The van der Waals surface area contributed by atoms with E-state index in [0.29, 0.717) is 11.1 Å². The highest BCUT2D eigenvalue weighted by molar-refractivity contribution is 5.93. The fourth-order valence-electron chi connectivity index (χ4n) is 3.23. The molecule has 0 spiro atoms. The van der Waals surface area contributed by atoms with E-state index in [-0.39, 0.29) is 17.6 Å². The first-order valence-electron chi connectivity index (χ1n) is 9.29. The molecule has 2 aromatic carbocycles. The van der Waals surface area contributed by atoms with Crippen LogP contribution in [0.25, 0.3) is 21.9 Å². The summed E-state index contributed by atoms with van der Waals surface area (Å²) < 4.78 is 0. The summed E-state index contributed by atoms with van der Waals surface area (Å²) in [6.45, 7) is 1.93. The molecule has 2 aromatic heterocycles. The summed E-state index contributed by atoms with van der Waals surface area (Å²) in [5.74, 6) is 0. The maximum atomic E-state index is 12.4. The summed E-state index contributed by atoms with van der Waals surface area (Å²) >= 11 is 0. The van der Waals surface area contributed by atoms with E-state index >= 15 is 0 Å². The van der Waals surface area contributed by atoms with Gasteiger partial charge in [0.1, 0.15) is 0 Å². The van der Waals surface area contributed by atoms with Crippen molar-refractivity contribution in [2.45, 2.75) is 13.0 Å². The van der Waals surface area contributed by atoms with Crippen LogP contribution < -0.4 is 16.2 Å². The summed E-state index contributed by atoms with van der Waals surface area (Å²) in [7, 11) is 0. The summed E-state index contributed by atoms with van der Waals surface area (Å²) in [4.78, 5) is 30.8. The number of amides is 2. The topological polar surface area (TPSA) is 86.9 Å². The lowest BCUT2D eigenvalue weighted by Crippen LogP contribution is -2.31. The number of hydrogen-bond acceptors (Lipinski definition) is 3. The predicted octanol–water partition coefficient (Wildman–Crippen LogP) is 4.47. The van der Waals surface area contributed by atoms with Gasteiger partial charge in [0.15, 0.2) is 0 Å². The predicted molar refractivity (Wildman–Crippen MR) is 115 cm³/mol. The Balaban J connectivity index is 1.42. The first-order valence-corrected chi connectivity index (χ1v) is 9.29. The van der Waals surface area contributed by atoms with Gasteiger partial charge in [-0.2, -0.15) is 0 Å². The van der Waals surface area contributed by atoms with Crippen LogP contribution in [-0.2, 0) is 0 Å². The van der Waals surface area contributed by atoms with Crippen molar-refractivity contribution in [2.24, 2.45) is 0 Å². The molecule has 6 heteroatoms. The van der Waals surface area contributed by atoms with E-state index in [4.69, 9.17) is 0 Å². The molecule has 1 unspecified atom stereocenters. The van der Waals surface area contributed by atoms with Crippen molar-refractivity contribution in [1.82, 2.24) is 15.3 Å². The number of carbonyl (C=O) groups is 1. The minimum Gasteiger partial charge on any atom is -0.331 e. The standard InChI is InChI=1S/C23H20N4O2/c1-15(16-2-4-17(5-3-16)18-8-11-24-12-9-18)26-23(29)27-20-6-7-21-19(14-20)10-13-25-22(21)28/h2-15H,1H3,(H,25,28)(H2,26,27,29). The van der Waals surface area contributed by atoms with E-state index < -0.39 is 0 Å². The fraction of sp³-hybridized carbons (Fsp3) is 0.0870. The normalized spacial score (nSPS) is 11.8. The number of urea groups is 1. The molecule has 0 aliphatic rings. The zero-order chi connectivity index (χ0) is 20.2. The third kappa shape index (κ3) is 4.16. The van der Waals surface area contributed by atoms with Gasteiger partial charge in [0.05, 0.1) is 6.04 Å². The molecular formula is C23H20N4O2. The minimum absolute atomic E-state index is 0.151. The Kier molecular flexibility index (Phi) is 5.07. The van der Waals surface area contributed by atoms with E-state index in [2.05, 4.69) is 20.6 Å². The van der Waals surface area contributed by atoms with Crippen LogP contribution in [0.4, 0.5) is 10.5 Å². The zero-order valence-corrected chi connectivity index (χ0v) is 15.8. The molecule has 29 heavy (non-hydrogen) atoms. The van der Waals surface area contributed by atoms with Crippen molar-refractivity contribution in [3.63, 3.8) is 0 Å². The van der Waals surface area contributed by atoms with E-state index in [1.54, 1.807) is 42.9 Å². The smallest absolute Gasteiger partial charge is 0.319 e. The molecule has 0 aliphatic carbocycles. The number of H-pyrrole nitrogens is 1. The Labute approximate surface area is 167 Å². The van der Waals surface area contributed by atoms with Gasteiger partial charge in [0.2, 0.25) is 0 Å². The highest BCUT2D eigenvalue weighted by atomic mass is 16.2. The Morgan fingerprint density at radius 3 is 2.45 bits per heavy atom. The number of nitrogens with one attached hydrogen (secondary N) is 3. The fourth-order valence-corrected chi connectivity index (χ4v) is 3.23. The number of rotatable bonds is 4. The summed E-state index contributed by atoms with van der Waals surface area (Å²) in [6, 6.07) is 18.5. The molecule has 2 amide bonds. The number of carbonyl (C=O) groups excluding carboxylic acids is 1. The van der Waals surface area contributed by atoms with Crippen LogP contribution in [0, 0.1) is 0 Å². The van der Waals surface area contributed by atoms with Crippen LogP contribution >= 0.6 is 0 Å². The highest BCUT2D eigenvalue weighted by Crippen LogP contribution is 2.22. The van der Waals surface area contributed by atoms with Crippen molar-refractivity contribution in [2.75, 3.05) is 5.32 Å². The van der Waals surface area contributed by atoms with Gasteiger partial charge in [-0.05, 0) is 65.4 Å². The van der Waals surface area contributed by atoms with Crippen LogP contribution in [0.2, 0.25) is 0 Å². The molecule has 0 fully saturated rings. The molecule has 4 rings (SSSR count). The van der Waals surface area contributed by atoms with Crippen molar-refractivity contribution < 1.29 is 4.79 Å². The molecule has 0 saturated carbocycles. The van der Waals surface area contributed by atoms with E-state index in [1.165, 1.54) is 0 Å². The lowest BCUT2D eigenvalue weighted by atomic mass is 10.0. The average Bonchev–Trinajstić information content (AvgIpc) is 2.74. The van der Waals surface area contributed by atoms with Crippen LogP contribution in [0.3, 0.4) is 0 Å². The molecule has 4 aromatic rings. The van der Waals surface area contributed by atoms with Crippen molar-refractivity contribution >= 4 is 22.5 Å². The number of benzene rings is 2. The van der Waals surface area contributed by atoms with Gasteiger partial charge in [0.25, 0.3) is 5.56 Å². The molecular weight excluding hydrogens is 364 g/mol. The third-order valence-corrected chi connectivity index (χ3v) is 4.80. The largest absolute Gasteiger partial charge is 0.331 e. The summed E-state index contributed by atoms with van der Waals surface area (Å²) in [5, 5.41) is 7.11. The van der Waals surface area contributed by atoms with Gasteiger partial charge in [-0.25, -0.2) is 4.79 Å². The monoisotopic (exact) mass is 384 g/mol. The zero-order valence-electron chi connectivity index (χ0n) is 15.8. The second-order valence-corrected chi connectivity index (χ2v) is 6.79. The number of anilines is 1. The maximum absolute atomic E-state index is 12.4. The van der Waals surface area contributed by atoms with Gasteiger partial charge >= 0.3 is 6.03 Å². The number of pyridine rings is 2. The van der Waals surface area contributed by atoms with E-state index in [1.807, 2.05) is 43.3 Å². The van der Waals surface area contributed by atoms with Crippen LogP contribution in [0.1, 0.15) is 18.5 Å². The number of aromatic nitrogens is 2. The van der Waals surface area contributed by atoms with Gasteiger partial charge < -0.3 is 15.6 Å². The van der Waals surface area contributed by atoms with Crippen LogP contribution in [-0.4, -0.2) is 16.0 Å². The number of nitrogens with zero attached hydrogens (tertiary/aromatic N) is 1. The van der Waals surface area contributed by atoms with Crippen LogP contribution in [0.5, 0.6) is 0 Å². The second-order valence-electron chi connectivity index (χ2n) is 6.79. The van der Waals surface area contributed by atoms with Crippen molar-refractivity contribution in [3.05, 3.63) is 95.2 Å². The highest BCUT2D eigenvalue weighted by Gasteiger charge is 2.10. The number of hydrogen-bond donors (Lipinski definition) is 3. The van der Waals surface area contributed by atoms with Crippen LogP contribution in [0.15, 0.2) is 84.0 Å². The lowest BCUT2D eigenvalue weighted by Gasteiger charge is -2.16. The number of aromatic amines is 1. The molecule has 0 aliphatic heterocycles. The Morgan fingerprint density at radius 2 is 1.69 bits per heavy atom. The Bertz CT molecular complexity index is 1200. The molecule has 144 valence electrons. The first-order chi connectivity index (χ1) is 14.1. The summed E-state index contributed by atoms with van der Waals surface area (Å²) in [5.41, 5.74) is 3.67. The van der Waals surface area contributed by atoms with Crippen molar-refractivity contribution in [3.8, 4) is 11.1 Å². The molecule has 0 bridgehead atoms. The Morgan fingerprint density at radius 1 is 0.966 bits per heavy atom. The van der Waals surface area contributed by atoms with Gasteiger partial charge in [-0.15, -0.1) is 0 Å². The third-order valence-electron chi connectivity index (χ3n) is 4.80. The molecule has 0 radical (unpaired) electrons. The van der Waals surface area contributed by atoms with Gasteiger partial charge in [-0.3, -0.25) is 9.78 Å². The van der Waals surface area contributed by atoms with E-state index in [0.717, 1.165) is 22.1 Å².